The summed E-state index contributed by atoms with van der Waals surface area (Å²) >= 11 is 3.36. The second-order valence-electron chi connectivity index (χ2n) is 5.68. The lowest BCUT2D eigenvalue weighted by Gasteiger charge is -2.33. The summed E-state index contributed by atoms with van der Waals surface area (Å²) in [4.78, 5) is 25.3. The van der Waals surface area contributed by atoms with E-state index in [0.29, 0.717) is 32.0 Å². The van der Waals surface area contributed by atoms with Crippen LogP contribution in [-0.2, 0) is 11.3 Å². The molecule has 1 unspecified atom stereocenters. The molecular weight excluding hydrogens is 352 g/mol. The highest BCUT2D eigenvalue weighted by atomic mass is 79.9. The molecule has 2 heterocycles. The fraction of sp³-hybridized carbons (Fsp3) is 0.643. The highest BCUT2D eigenvalue weighted by Gasteiger charge is 2.28. The van der Waals surface area contributed by atoms with Crippen LogP contribution in [0.1, 0.15) is 26.2 Å². The Morgan fingerprint density at radius 1 is 1.50 bits per heavy atom. The number of halogens is 1. The topological polar surface area (TPSA) is 87.5 Å². The van der Waals surface area contributed by atoms with Crippen LogP contribution in [0.25, 0.3) is 0 Å². The van der Waals surface area contributed by atoms with E-state index in [4.69, 9.17) is 5.11 Å². The fourth-order valence-electron chi connectivity index (χ4n) is 2.59. The number of amides is 2. The Labute approximate surface area is 137 Å². The number of carbonyl (C=O) groups is 2. The maximum atomic E-state index is 12.5. The van der Waals surface area contributed by atoms with Crippen LogP contribution in [-0.4, -0.2) is 50.9 Å². The molecule has 22 heavy (non-hydrogen) atoms. The molecule has 122 valence electrons. The first kappa shape index (κ1) is 16.8. The van der Waals surface area contributed by atoms with Crippen LogP contribution in [0, 0.1) is 5.92 Å². The van der Waals surface area contributed by atoms with E-state index in [2.05, 4.69) is 33.3 Å². The molecule has 7 nitrogen and oxygen atoms in total. The Bertz CT molecular complexity index is 526. The molecular formula is C14H21BrN4O3. The molecule has 0 radical (unpaired) electrons. The smallest absolute Gasteiger partial charge is 0.405 e. The fourth-order valence-corrected chi connectivity index (χ4v) is 2.98. The predicted octanol–water partition coefficient (Wildman–Crippen LogP) is 1.93. The second-order valence-corrected chi connectivity index (χ2v) is 6.49. The van der Waals surface area contributed by atoms with E-state index in [1.54, 1.807) is 21.8 Å². The van der Waals surface area contributed by atoms with E-state index in [-0.39, 0.29) is 5.91 Å². The van der Waals surface area contributed by atoms with Crippen molar-refractivity contribution in [1.29, 1.82) is 0 Å². The Hall–Kier alpha value is -1.57. The van der Waals surface area contributed by atoms with Gasteiger partial charge in [-0.25, -0.2) is 4.79 Å². The minimum Gasteiger partial charge on any atom is -0.465 e. The lowest BCUT2D eigenvalue weighted by molar-refractivity contribution is -0.134. The largest absolute Gasteiger partial charge is 0.465 e. The van der Waals surface area contributed by atoms with Crippen LogP contribution in [0.2, 0.25) is 0 Å². The van der Waals surface area contributed by atoms with Gasteiger partial charge in [-0.15, -0.1) is 0 Å². The molecule has 2 N–H and O–H groups in total. The molecule has 0 spiro atoms. The second kappa shape index (κ2) is 7.62. The summed E-state index contributed by atoms with van der Waals surface area (Å²) in [6, 6.07) is 1.06. The van der Waals surface area contributed by atoms with Crippen molar-refractivity contribution in [1.82, 2.24) is 20.0 Å². The zero-order valence-corrected chi connectivity index (χ0v) is 14.1. The van der Waals surface area contributed by atoms with Gasteiger partial charge in [0.2, 0.25) is 5.91 Å². The van der Waals surface area contributed by atoms with Crippen LogP contribution in [0.5, 0.6) is 0 Å². The van der Waals surface area contributed by atoms with Crippen molar-refractivity contribution in [3.8, 4) is 0 Å². The van der Waals surface area contributed by atoms with Gasteiger partial charge in [0.25, 0.3) is 0 Å². The molecule has 0 bridgehead atoms. The van der Waals surface area contributed by atoms with Crippen molar-refractivity contribution < 1.29 is 14.7 Å². The van der Waals surface area contributed by atoms with Gasteiger partial charge in [-0.3, -0.25) is 9.48 Å². The zero-order valence-electron chi connectivity index (χ0n) is 12.5. The summed E-state index contributed by atoms with van der Waals surface area (Å²) in [5.74, 6) is 0.479. The first-order chi connectivity index (χ1) is 10.5. The standard InChI is InChI=1S/C14H21BrN4O3/c1-10-3-7-18(8-4-10)13(20)11(17-14(21)22)5-9-19-12(15)2-6-16-19/h2,6,10-11,17H,3-5,7-9H2,1H3,(H,21,22). The van der Waals surface area contributed by atoms with Crippen LogP contribution in [0.3, 0.4) is 0 Å². The van der Waals surface area contributed by atoms with Crippen molar-refractivity contribution in [3.63, 3.8) is 0 Å². The number of aryl methyl sites for hydroxylation is 1. The average molecular weight is 373 g/mol. The Morgan fingerprint density at radius 3 is 2.73 bits per heavy atom. The Balaban J connectivity index is 1.97. The monoisotopic (exact) mass is 372 g/mol. The third-order valence-corrected chi connectivity index (χ3v) is 4.66. The maximum absolute atomic E-state index is 12.5. The molecule has 1 atom stereocenters. The van der Waals surface area contributed by atoms with Crippen LogP contribution in [0.15, 0.2) is 16.9 Å². The molecule has 0 aromatic carbocycles. The van der Waals surface area contributed by atoms with Crippen molar-refractivity contribution in [2.75, 3.05) is 13.1 Å². The molecule has 1 fully saturated rings. The minimum atomic E-state index is -1.18. The maximum Gasteiger partial charge on any atom is 0.405 e. The number of piperidine rings is 1. The highest BCUT2D eigenvalue weighted by molar-refractivity contribution is 9.10. The molecule has 1 aromatic heterocycles. The SMILES string of the molecule is CC1CCN(C(=O)C(CCn2nccc2Br)NC(=O)O)CC1. The first-order valence-electron chi connectivity index (χ1n) is 7.43. The Kier molecular flexibility index (Phi) is 5.82. The molecule has 2 rings (SSSR count). The molecule has 8 heteroatoms. The van der Waals surface area contributed by atoms with E-state index in [1.807, 2.05) is 0 Å². The number of carbonyl (C=O) groups excluding carboxylic acids is 1. The van der Waals surface area contributed by atoms with E-state index in [0.717, 1.165) is 17.4 Å². The first-order valence-corrected chi connectivity index (χ1v) is 8.22. The van der Waals surface area contributed by atoms with E-state index < -0.39 is 12.1 Å². The van der Waals surface area contributed by atoms with Gasteiger partial charge < -0.3 is 15.3 Å². The third-order valence-electron chi connectivity index (χ3n) is 3.99. The normalized spacial score (nSPS) is 17.3. The quantitative estimate of drug-likeness (QED) is 0.826. The number of rotatable bonds is 5. The van der Waals surface area contributed by atoms with Gasteiger partial charge in [-0.2, -0.15) is 5.10 Å². The van der Waals surface area contributed by atoms with Crippen molar-refractivity contribution in [2.45, 2.75) is 38.8 Å². The van der Waals surface area contributed by atoms with Crippen molar-refractivity contribution in [3.05, 3.63) is 16.9 Å². The zero-order chi connectivity index (χ0) is 16.1. The minimum absolute atomic E-state index is 0.141. The highest BCUT2D eigenvalue weighted by Crippen LogP contribution is 2.17. The number of likely N-dealkylation sites (tertiary alicyclic amines) is 1. The molecule has 2 amide bonds. The van der Waals surface area contributed by atoms with Gasteiger partial charge in [-0.1, -0.05) is 6.92 Å². The summed E-state index contributed by atoms with van der Waals surface area (Å²) in [7, 11) is 0. The summed E-state index contributed by atoms with van der Waals surface area (Å²) in [5.41, 5.74) is 0. The summed E-state index contributed by atoms with van der Waals surface area (Å²) in [5, 5.41) is 15.4. The number of carboxylic acid groups (broad SMARTS) is 1. The third kappa shape index (κ3) is 4.46. The van der Waals surface area contributed by atoms with Gasteiger partial charge in [0.15, 0.2) is 0 Å². The predicted molar refractivity (Wildman–Crippen MR) is 84.5 cm³/mol. The lowest BCUT2D eigenvalue weighted by Crippen LogP contribution is -2.50. The van der Waals surface area contributed by atoms with Crippen LogP contribution in [0.4, 0.5) is 4.79 Å². The number of hydrogen-bond donors (Lipinski definition) is 2. The molecule has 1 aromatic rings. The van der Waals surface area contributed by atoms with Crippen molar-refractivity contribution >= 4 is 27.9 Å². The molecule has 1 aliphatic heterocycles. The van der Waals surface area contributed by atoms with Gasteiger partial charge in [0.05, 0.1) is 6.20 Å². The van der Waals surface area contributed by atoms with Crippen LogP contribution >= 0.6 is 15.9 Å². The molecule has 1 aliphatic rings. The van der Waals surface area contributed by atoms with Crippen LogP contribution < -0.4 is 5.32 Å². The summed E-state index contributed by atoms with van der Waals surface area (Å²) in [6.45, 7) is 4.03. The summed E-state index contributed by atoms with van der Waals surface area (Å²) in [6.07, 6.45) is 2.78. The number of aromatic nitrogens is 2. The number of hydrogen-bond acceptors (Lipinski definition) is 3. The lowest BCUT2D eigenvalue weighted by atomic mass is 9.98. The van der Waals surface area contributed by atoms with Gasteiger partial charge in [0.1, 0.15) is 10.6 Å². The number of nitrogens with zero attached hydrogens (tertiary/aromatic N) is 3. The van der Waals surface area contributed by atoms with Gasteiger partial charge >= 0.3 is 6.09 Å². The molecule has 1 saturated heterocycles. The number of nitrogens with one attached hydrogen (secondary N) is 1. The van der Waals surface area contributed by atoms with E-state index in [9.17, 15) is 9.59 Å². The Morgan fingerprint density at radius 2 is 2.18 bits per heavy atom. The van der Waals surface area contributed by atoms with Gasteiger partial charge in [-0.05, 0) is 47.2 Å². The van der Waals surface area contributed by atoms with Gasteiger partial charge in [0, 0.05) is 19.6 Å². The van der Waals surface area contributed by atoms with Crippen molar-refractivity contribution in [2.24, 2.45) is 5.92 Å². The van der Waals surface area contributed by atoms with E-state index in [1.165, 1.54) is 0 Å². The average Bonchev–Trinajstić information content (AvgIpc) is 2.88. The van der Waals surface area contributed by atoms with E-state index >= 15 is 0 Å². The summed E-state index contributed by atoms with van der Waals surface area (Å²) < 4.78 is 2.50. The molecule has 0 saturated carbocycles. The molecule has 0 aliphatic carbocycles.